The van der Waals surface area contributed by atoms with Gasteiger partial charge in [0, 0.05) is 20.1 Å². The molecular formula is C10H22N4. The number of rotatable bonds is 2. The van der Waals surface area contributed by atoms with Gasteiger partial charge in [0.05, 0.1) is 0 Å². The summed E-state index contributed by atoms with van der Waals surface area (Å²) in [5.74, 6) is 6.23. The molecule has 0 radical (unpaired) electrons. The Hall–Kier alpha value is -0.770. The Morgan fingerprint density at radius 1 is 1.50 bits per heavy atom. The molecule has 0 amide bonds. The Morgan fingerprint density at radius 2 is 2.14 bits per heavy atom. The summed E-state index contributed by atoms with van der Waals surface area (Å²) in [4.78, 5) is 6.37. The molecule has 0 saturated carbocycles. The minimum Gasteiger partial charge on any atom is -0.341 e. The SMILES string of the molecule is CCC1(CC)CCN(C(=NC)NN)C1. The lowest BCUT2D eigenvalue weighted by molar-refractivity contribution is 0.276. The van der Waals surface area contributed by atoms with E-state index in [9.17, 15) is 0 Å². The highest BCUT2D eigenvalue weighted by Gasteiger charge is 2.35. The zero-order chi connectivity index (χ0) is 10.6. The monoisotopic (exact) mass is 198 g/mol. The van der Waals surface area contributed by atoms with E-state index in [4.69, 9.17) is 5.84 Å². The van der Waals surface area contributed by atoms with Crippen LogP contribution in [0.5, 0.6) is 0 Å². The third kappa shape index (κ3) is 2.00. The van der Waals surface area contributed by atoms with Gasteiger partial charge in [0.15, 0.2) is 0 Å². The Labute approximate surface area is 86.5 Å². The predicted octanol–water partition coefficient (Wildman–Crippen LogP) is 0.948. The smallest absolute Gasteiger partial charge is 0.208 e. The topological polar surface area (TPSA) is 53.6 Å². The molecule has 1 aliphatic rings. The highest BCUT2D eigenvalue weighted by atomic mass is 15.4. The molecule has 4 nitrogen and oxygen atoms in total. The average molecular weight is 198 g/mol. The molecule has 1 saturated heterocycles. The summed E-state index contributed by atoms with van der Waals surface area (Å²) in [7, 11) is 1.77. The maximum absolute atomic E-state index is 5.41. The van der Waals surface area contributed by atoms with E-state index in [2.05, 4.69) is 29.2 Å². The van der Waals surface area contributed by atoms with Crippen LogP contribution in [0, 0.1) is 5.41 Å². The summed E-state index contributed by atoms with van der Waals surface area (Å²) in [5, 5.41) is 0. The van der Waals surface area contributed by atoms with Gasteiger partial charge in [0.1, 0.15) is 0 Å². The van der Waals surface area contributed by atoms with E-state index < -0.39 is 0 Å². The molecule has 82 valence electrons. The number of hydrogen-bond acceptors (Lipinski definition) is 2. The molecule has 0 aromatic heterocycles. The lowest BCUT2D eigenvalue weighted by Gasteiger charge is -2.27. The fourth-order valence-corrected chi connectivity index (χ4v) is 2.24. The zero-order valence-electron chi connectivity index (χ0n) is 9.51. The Morgan fingerprint density at radius 3 is 2.50 bits per heavy atom. The molecule has 0 aromatic rings. The molecule has 0 atom stereocenters. The minimum atomic E-state index is 0.479. The van der Waals surface area contributed by atoms with Crippen LogP contribution in [-0.2, 0) is 0 Å². The second-order valence-corrected chi connectivity index (χ2v) is 4.07. The van der Waals surface area contributed by atoms with Crippen LogP contribution in [0.15, 0.2) is 4.99 Å². The van der Waals surface area contributed by atoms with Gasteiger partial charge in [-0.2, -0.15) is 0 Å². The van der Waals surface area contributed by atoms with Gasteiger partial charge in [-0.3, -0.25) is 10.4 Å². The van der Waals surface area contributed by atoms with Gasteiger partial charge >= 0.3 is 0 Å². The summed E-state index contributed by atoms with van der Waals surface area (Å²) >= 11 is 0. The van der Waals surface area contributed by atoms with Gasteiger partial charge in [-0.1, -0.05) is 13.8 Å². The molecule has 0 aliphatic carbocycles. The Balaban J connectivity index is 2.64. The number of nitrogens with one attached hydrogen (secondary N) is 1. The van der Waals surface area contributed by atoms with Crippen molar-refractivity contribution in [1.29, 1.82) is 0 Å². The van der Waals surface area contributed by atoms with Crippen molar-refractivity contribution >= 4 is 5.96 Å². The first-order valence-electron chi connectivity index (χ1n) is 5.39. The number of nitrogens with two attached hydrogens (primary N) is 1. The maximum atomic E-state index is 5.41. The van der Waals surface area contributed by atoms with Crippen molar-refractivity contribution in [3.8, 4) is 0 Å². The van der Waals surface area contributed by atoms with Gasteiger partial charge in [-0.05, 0) is 24.7 Å². The van der Waals surface area contributed by atoms with Crippen LogP contribution in [-0.4, -0.2) is 31.0 Å². The van der Waals surface area contributed by atoms with E-state index in [1.54, 1.807) is 7.05 Å². The van der Waals surface area contributed by atoms with Crippen molar-refractivity contribution in [2.24, 2.45) is 16.3 Å². The summed E-state index contributed by atoms with van der Waals surface area (Å²) in [6.07, 6.45) is 3.73. The van der Waals surface area contributed by atoms with E-state index in [1.165, 1.54) is 19.3 Å². The van der Waals surface area contributed by atoms with Crippen molar-refractivity contribution in [2.45, 2.75) is 33.1 Å². The van der Waals surface area contributed by atoms with Gasteiger partial charge in [-0.15, -0.1) is 0 Å². The van der Waals surface area contributed by atoms with Gasteiger partial charge in [0.25, 0.3) is 0 Å². The lowest BCUT2D eigenvalue weighted by Crippen LogP contribution is -2.44. The molecule has 1 heterocycles. The number of hydrazine groups is 1. The van der Waals surface area contributed by atoms with E-state index in [0.717, 1.165) is 19.0 Å². The van der Waals surface area contributed by atoms with Crippen LogP contribution < -0.4 is 11.3 Å². The van der Waals surface area contributed by atoms with Crippen molar-refractivity contribution in [3.05, 3.63) is 0 Å². The fraction of sp³-hybridized carbons (Fsp3) is 0.900. The third-order valence-electron chi connectivity index (χ3n) is 3.58. The van der Waals surface area contributed by atoms with Crippen LogP contribution in [0.3, 0.4) is 0 Å². The van der Waals surface area contributed by atoms with Crippen LogP contribution in [0.2, 0.25) is 0 Å². The first-order valence-corrected chi connectivity index (χ1v) is 5.39. The van der Waals surface area contributed by atoms with Crippen molar-refractivity contribution in [3.63, 3.8) is 0 Å². The normalized spacial score (nSPS) is 21.4. The number of guanidine groups is 1. The second-order valence-electron chi connectivity index (χ2n) is 4.07. The van der Waals surface area contributed by atoms with E-state index >= 15 is 0 Å². The number of nitrogens with zero attached hydrogens (tertiary/aromatic N) is 2. The molecule has 0 bridgehead atoms. The van der Waals surface area contributed by atoms with Gasteiger partial charge in [0.2, 0.25) is 5.96 Å². The maximum Gasteiger partial charge on any atom is 0.208 e. The highest BCUT2D eigenvalue weighted by molar-refractivity contribution is 5.79. The van der Waals surface area contributed by atoms with Gasteiger partial charge in [-0.25, -0.2) is 5.84 Å². The van der Waals surface area contributed by atoms with Gasteiger partial charge < -0.3 is 4.90 Å². The second kappa shape index (κ2) is 4.64. The van der Waals surface area contributed by atoms with Crippen molar-refractivity contribution < 1.29 is 0 Å². The largest absolute Gasteiger partial charge is 0.341 e. The number of aliphatic imine (C=N–C) groups is 1. The van der Waals surface area contributed by atoms with Crippen molar-refractivity contribution in [2.75, 3.05) is 20.1 Å². The van der Waals surface area contributed by atoms with Crippen LogP contribution >= 0.6 is 0 Å². The number of likely N-dealkylation sites (tertiary alicyclic amines) is 1. The van der Waals surface area contributed by atoms with Crippen LogP contribution in [0.4, 0.5) is 0 Å². The fourth-order valence-electron chi connectivity index (χ4n) is 2.24. The molecule has 3 N–H and O–H groups in total. The molecule has 0 unspecified atom stereocenters. The van der Waals surface area contributed by atoms with Crippen LogP contribution in [0.1, 0.15) is 33.1 Å². The summed E-state index contributed by atoms with van der Waals surface area (Å²) in [6, 6.07) is 0. The first kappa shape index (κ1) is 11.3. The molecule has 1 fully saturated rings. The molecule has 0 spiro atoms. The average Bonchev–Trinajstić information content (AvgIpc) is 2.65. The standard InChI is InChI=1S/C10H22N4/c1-4-10(5-2)6-7-14(8-10)9(12-3)13-11/h4-8,11H2,1-3H3,(H,12,13). The first-order chi connectivity index (χ1) is 6.71. The molecule has 1 rings (SSSR count). The van der Waals surface area contributed by atoms with E-state index in [0.29, 0.717) is 5.41 Å². The van der Waals surface area contributed by atoms with E-state index in [-0.39, 0.29) is 0 Å². The Bertz CT molecular complexity index is 208. The summed E-state index contributed by atoms with van der Waals surface area (Å²) in [6.45, 7) is 6.69. The summed E-state index contributed by atoms with van der Waals surface area (Å²) in [5.41, 5.74) is 3.13. The lowest BCUT2D eigenvalue weighted by atomic mass is 9.82. The quantitative estimate of drug-likeness (QED) is 0.300. The zero-order valence-corrected chi connectivity index (χ0v) is 9.51. The predicted molar refractivity (Wildman–Crippen MR) is 59.9 cm³/mol. The summed E-state index contributed by atoms with van der Waals surface area (Å²) < 4.78 is 0. The molecule has 14 heavy (non-hydrogen) atoms. The van der Waals surface area contributed by atoms with E-state index in [1.807, 2.05) is 0 Å². The number of hydrogen-bond donors (Lipinski definition) is 2. The highest BCUT2D eigenvalue weighted by Crippen LogP contribution is 2.36. The molecule has 4 heteroatoms. The Kier molecular flexibility index (Phi) is 3.75. The third-order valence-corrected chi connectivity index (χ3v) is 3.58. The van der Waals surface area contributed by atoms with Crippen LogP contribution in [0.25, 0.3) is 0 Å². The van der Waals surface area contributed by atoms with Crippen molar-refractivity contribution in [1.82, 2.24) is 10.3 Å². The molecule has 0 aromatic carbocycles. The molecular weight excluding hydrogens is 176 g/mol. The molecule has 1 aliphatic heterocycles. The minimum absolute atomic E-state index is 0.479.